The molecule has 0 aliphatic carbocycles. The summed E-state index contributed by atoms with van der Waals surface area (Å²) < 4.78 is 10.0. The maximum atomic E-state index is 5.00. The SMILES string of the molecule is CC1OC[CH]CO1. The Hall–Kier alpha value is -0.0800. The quantitative estimate of drug-likeness (QED) is 0.444. The van der Waals surface area contributed by atoms with Crippen molar-refractivity contribution in [1.29, 1.82) is 0 Å². The molecule has 1 aliphatic heterocycles. The molecule has 0 atom stereocenters. The van der Waals surface area contributed by atoms with E-state index in [1.165, 1.54) is 0 Å². The highest BCUT2D eigenvalue weighted by Crippen LogP contribution is 2.00. The van der Waals surface area contributed by atoms with Crippen molar-refractivity contribution in [2.75, 3.05) is 13.2 Å². The van der Waals surface area contributed by atoms with Crippen LogP contribution in [0.2, 0.25) is 0 Å². The van der Waals surface area contributed by atoms with E-state index in [0.29, 0.717) is 0 Å². The smallest absolute Gasteiger partial charge is 0.154 e. The van der Waals surface area contributed by atoms with Gasteiger partial charge in [0.2, 0.25) is 0 Å². The number of rotatable bonds is 0. The molecule has 0 amide bonds. The Balaban J connectivity index is 2.12. The van der Waals surface area contributed by atoms with Crippen LogP contribution < -0.4 is 0 Å². The molecule has 1 radical (unpaired) electrons. The van der Waals surface area contributed by atoms with Crippen molar-refractivity contribution in [3.05, 3.63) is 6.42 Å². The van der Waals surface area contributed by atoms with Gasteiger partial charge in [0.05, 0.1) is 13.2 Å². The third-order valence-corrected chi connectivity index (χ3v) is 0.898. The predicted octanol–water partition coefficient (Wildman–Crippen LogP) is 0.583. The Morgan fingerprint density at radius 2 is 2.00 bits per heavy atom. The molecule has 1 heterocycles. The zero-order valence-corrected chi connectivity index (χ0v) is 4.39. The van der Waals surface area contributed by atoms with Gasteiger partial charge in [-0.2, -0.15) is 0 Å². The molecule has 1 fully saturated rings. The van der Waals surface area contributed by atoms with Crippen LogP contribution >= 0.6 is 0 Å². The Kier molecular flexibility index (Phi) is 1.65. The summed E-state index contributed by atoms with van der Waals surface area (Å²) in [6, 6.07) is 0. The van der Waals surface area contributed by atoms with Crippen LogP contribution in [0.3, 0.4) is 0 Å². The normalized spacial score (nSPS) is 25.3. The number of hydrogen-bond donors (Lipinski definition) is 0. The molecule has 7 heavy (non-hydrogen) atoms. The summed E-state index contributed by atoms with van der Waals surface area (Å²) in [5.41, 5.74) is 0. The lowest BCUT2D eigenvalue weighted by Crippen LogP contribution is -2.21. The van der Waals surface area contributed by atoms with Gasteiger partial charge in [-0.05, 0) is 6.92 Å². The van der Waals surface area contributed by atoms with Gasteiger partial charge in [-0.1, -0.05) is 0 Å². The summed E-state index contributed by atoms with van der Waals surface area (Å²) >= 11 is 0. The molecule has 0 bridgehead atoms. The van der Waals surface area contributed by atoms with Crippen LogP contribution in [0, 0.1) is 6.42 Å². The Bertz CT molecular complexity index is 48.0. The minimum atomic E-state index is 0.00463. The Morgan fingerprint density at radius 3 is 2.29 bits per heavy atom. The molecule has 0 spiro atoms. The average molecular weight is 101 g/mol. The molecule has 0 N–H and O–H groups in total. The predicted molar refractivity (Wildman–Crippen MR) is 25.7 cm³/mol. The molecule has 0 aromatic heterocycles. The van der Waals surface area contributed by atoms with Crippen LogP contribution in [-0.2, 0) is 9.47 Å². The molecule has 1 rings (SSSR count). The second-order valence-electron chi connectivity index (χ2n) is 1.52. The van der Waals surface area contributed by atoms with E-state index in [1.807, 2.05) is 13.3 Å². The van der Waals surface area contributed by atoms with Crippen molar-refractivity contribution in [2.24, 2.45) is 0 Å². The van der Waals surface area contributed by atoms with Crippen molar-refractivity contribution in [3.63, 3.8) is 0 Å². The summed E-state index contributed by atoms with van der Waals surface area (Å²) in [5, 5.41) is 0. The van der Waals surface area contributed by atoms with Gasteiger partial charge in [-0.3, -0.25) is 0 Å². The summed E-state index contributed by atoms with van der Waals surface area (Å²) in [6.45, 7) is 3.37. The van der Waals surface area contributed by atoms with Gasteiger partial charge in [-0.25, -0.2) is 0 Å². The highest BCUT2D eigenvalue weighted by atomic mass is 16.7. The van der Waals surface area contributed by atoms with E-state index in [-0.39, 0.29) is 6.29 Å². The molecule has 0 aromatic rings. The van der Waals surface area contributed by atoms with Crippen molar-refractivity contribution >= 4 is 0 Å². The van der Waals surface area contributed by atoms with Crippen LogP contribution in [-0.4, -0.2) is 19.5 Å². The van der Waals surface area contributed by atoms with E-state index in [0.717, 1.165) is 13.2 Å². The maximum absolute atomic E-state index is 5.00. The third-order valence-electron chi connectivity index (χ3n) is 0.898. The monoisotopic (exact) mass is 101 g/mol. The molecule has 1 aliphatic rings. The first-order valence-electron chi connectivity index (χ1n) is 2.44. The lowest BCUT2D eigenvalue weighted by atomic mass is 10.4. The lowest BCUT2D eigenvalue weighted by Gasteiger charge is -2.18. The average Bonchev–Trinajstić information content (AvgIpc) is 1.69. The summed E-state index contributed by atoms with van der Waals surface area (Å²) in [7, 11) is 0. The first-order valence-corrected chi connectivity index (χ1v) is 2.44. The van der Waals surface area contributed by atoms with Crippen molar-refractivity contribution in [3.8, 4) is 0 Å². The largest absolute Gasteiger partial charge is 0.353 e. The van der Waals surface area contributed by atoms with E-state index in [4.69, 9.17) is 9.47 Å². The standard InChI is InChI=1S/C5H9O2/c1-5-6-3-2-4-7-5/h2,5H,3-4H2,1H3. The molecule has 2 heteroatoms. The van der Waals surface area contributed by atoms with Crippen LogP contribution in [0.25, 0.3) is 0 Å². The van der Waals surface area contributed by atoms with Gasteiger partial charge in [-0.15, -0.1) is 0 Å². The minimum absolute atomic E-state index is 0.00463. The zero-order valence-electron chi connectivity index (χ0n) is 4.39. The number of hydrogen-bond acceptors (Lipinski definition) is 2. The summed E-state index contributed by atoms with van der Waals surface area (Å²) in [4.78, 5) is 0. The second-order valence-corrected chi connectivity index (χ2v) is 1.52. The van der Waals surface area contributed by atoms with Crippen LogP contribution in [0.15, 0.2) is 0 Å². The van der Waals surface area contributed by atoms with E-state index < -0.39 is 0 Å². The molecule has 41 valence electrons. The van der Waals surface area contributed by atoms with Crippen molar-refractivity contribution in [1.82, 2.24) is 0 Å². The highest BCUT2D eigenvalue weighted by molar-refractivity contribution is 4.65. The molecule has 0 unspecified atom stereocenters. The van der Waals surface area contributed by atoms with E-state index in [9.17, 15) is 0 Å². The number of ether oxygens (including phenoxy) is 2. The fourth-order valence-electron chi connectivity index (χ4n) is 0.503. The Labute approximate surface area is 43.4 Å². The molecule has 2 nitrogen and oxygen atoms in total. The maximum Gasteiger partial charge on any atom is 0.154 e. The van der Waals surface area contributed by atoms with Gasteiger partial charge < -0.3 is 9.47 Å². The molecule has 0 saturated carbocycles. The first-order chi connectivity index (χ1) is 3.39. The highest BCUT2D eigenvalue weighted by Gasteiger charge is 2.05. The van der Waals surface area contributed by atoms with Crippen LogP contribution in [0.4, 0.5) is 0 Å². The van der Waals surface area contributed by atoms with Crippen LogP contribution in [0.1, 0.15) is 6.92 Å². The lowest BCUT2D eigenvalue weighted by molar-refractivity contribution is -0.146. The molecular formula is C5H9O2. The van der Waals surface area contributed by atoms with Gasteiger partial charge >= 0.3 is 0 Å². The summed E-state index contributed by atoms with van der Waals surface area (Å²) in [6.07, 6.45) is 1.96. The first kappa shape index (κ1) is 5.06. The summed E-state index contributed by atoms with van der Waals surface area (Å²) in [5.74, 6) is 0. The fourth-order valence-corrected chi connectivity index (χ4v) is 0.503. The van der Waals surface area contributed by atoms with Gasteiger partial charge in [0.1, 0.15) is 0 Å². The topological polar surface area (TPSA) is 18.5 Å². The second kappa shape index (κ2) is 2.28. The molecule has 1 saturated heterocycles. The zero-order chi connectivity index (χ0) is 5.11. The van der Waals surface area contributed by atoms with Gasteiger partial charge in [0.15, 0.2) is 6.29 Å². The van der Waals surface area contributed by atoms with Gasteiger partial charge in [0.25, 0.3) is 0 Å². The fraction of sp³-hybridized carbons (Fsp3) is 0.800. The van der Waals surface area contributed by atoms with Crippen LogP contribution in [0.5, 0.6) is 0 Å². The van der Waals surface area contributed by atoms with E-state index >= 15 is 0 Å². The van der Waals surface area contributed by atoms with E-state index in [1.54, 1.807) is 0 Å². The minimum Gasteiger partial charge on any atom is -0.353 e. The Morgan fingerprint density at radius 1 is 1.43 bits per heavy atom. The van der Waals surface area contributed by atoms with Gasteiger partial charge in [0, 0.05) is 6.42 Å². The van der Waals surface area contributed by atoms with Crippen molar-refractivity contribution in [2.45, 2.75) is 13.2 Å². The van der Waals surface area contributed by atoms with Crippen molar-refractivity contribution < 1.29 is 9.47 Å². The van der Waals surface area contributed by atoms with E-state index in [2.05, 4.69) is 0 Å². The molecule has 0 aromatic carbocycles. The molecular weight excluding hydrogens is 92.1 g/mol. The third kappa shape index (κ3) is 1.45.